The molecule has 8 rings (SSSR count). The number of benzene rings is 5. The van der Waals surface area contributed by atoms with Crippen molar-refractivity contribution in [3.63, 3.8) is 0 Å². The lowest BCUT2D eigenvalue weighted by molar-refractivity contribution is 0.669. The smallest absolute Gasteiger partial charge is 0.136 e. The van der Waals surface area contributed by atoms with E-state index in [1.54, 1.807) is 0 Å². The fourth-order valence-electron chi connectivity index (χ4n) is 5.72. The van der Waals surface area contributed by atoms with Crippen LogP contribution in [0.3, 0.4) is 0 Å². The van der Waals surface area contributed by atoms with Crippen LogP contribution in [-0.4, -0.2) is 9.13 Å². The van der Waals surface area contributed by atoms with E-state index in [0.717, 1.165) is 33.3 Å². The molecule has 3 aromatic heterocycles. The molecule has 3 nitrogen and oxygen atoms in total. The van der Waals surface area contributed by atoms with Crippen molar-refractivity contribution in [1.82, 2.24) is 9.13 Å². The summed E-state index contributed by atoms with van der Waals surface area (Å²) >= 11 is 0. The highest BCUT2D eigenvalue weighted by atomic mass is 16.3. The van der Waals surface area contributed by atoms with Crippen molar-refractivity contribution < 1.29 is 4.42 Å². The maximum absolute atomic E-state index is 6.33. The number of hydrogen-bond acceptors (Lipinski definition) is 1. The molecule has 35 heavy (non-hydrogen) atoms. The average Bonchev–Trinajstić information content (AvgIpc) is 3.56. The Balaban J connectivity index is 1.73. The molecule has 0 aliphatic carbocycles. The van der Waals surface area contributed by atoms with Gasteiger partial charge in [-0.15, -0.1) is 0 Å². The van der Waals surface area contributed by atoms with E-state index in [2.05, 4.69) is 124 Å². The predicted octanol–water partition coefficient (Wildman–Crippen LogP) is 8.63. The molecule has 0 radical (unpaired) electrons. The fraction of sp³-hybridized carbons (Fsp3) is 0. The van der Waals surface area contributed by atoms with Gasteiger partial charge in [0.05, 0.1) is 22.1 Å². The Labute approximate surface area is 201 Å². The second-order valence-electron chi connectivity index (χ2n) is 8.99. The van der Waals surface area contributed by atoms with Crippen LogP contribution in [-0.2, 0) is 0 Å². The molecule has 3 heterocycles. The second kappa shape index (κ2) is 6.87. The first kappa shape index (κ1) is 18.6. The molecule has 5 aromatic carbocycles. The second-order valence-corrected chi connectivity index (χ2v) is 8.99. The van der Waals surface area contributed by atoms with E-state index >= 15 is 0 Å². The molecule has 164 valence electrons. The summed E-state index contributed by atoms with van der Waals surface area (Å²) in [4.78, 5) is 0. The molecule has 0 unspecified atom stereocenters. The van der Waals surface area contributed by atoms with E-state index in [9.17, 15) is 0 Å². The summed E-state index contributed by atoms with van der Waals surface area (Å²) in [5.41, 5.74) is 8.91. The van der Waals surface area contributed by atoms with Crippen molar-refractivity contribution in [3.8, 4) is 11.4 Å². The van der Waals surface area contributed by atoms with E-state index in [4.69, 9.17) is 4.42 Å². The zero-order valence-electron chi connectivity index (χ0n) is 18.8. The highest BCUT2D eigenvalue weighted by Gasteiger charge is 2.24. The Bertz CT molecular complexity index is 2000. The molecule has 3 heteroatoms. The Morgan fingerprint density at radius 1 is 0.400 bits per heavy atom. The van der Waals surface area contributed by atoms with Crippen molar-refractivity contribution in [2.75, 3.05) is 0 Å². The minimum Gasteiger partial charge on any atom is -0.456 e. The number of nitrogens with zero attached hydrogens (tertiary/aromatic N) is 2. The van der Waals surface area contributed by atoms with Gasteiger partial charge in [0.1, 0.15) is 11.2 Å². The third-order valence-electron chi connectivity index (χ3n) is 7.10. The van der Waals surface area contributed by atoms with Crippen LogP contribution in [0.15, 0.2) is 126 Å². The van der Waals surface area contributed by atoms with E-state index < -0.39 is 0 Å². The third-order valence-corrected chi connectivity index (χ3v) is 7.10. The zero-order chi connectivity index (χ0) is 22.9. The van der Waals surface area contributed by atoms with Gasteiger partial charge < -0.3 is 13.6 Å². The molecule has 0 aliphatic rings. The molecule has 0 atom stereocenters. The van der Waals surface area contributed by atoms with Gasteiger partial charge in [-0.05, 0) is 48.5 Å². The maximum Gasteiger partial charge on any atom is 0.136 e. The first-order chi connectivity index (χ1) is 17.4. The Morgan fingerprint density at radius 2 is 1.00 bits per heavy atom. The number of fused-ring (bicyclic) bond motifs is 9. The maximum atomic E-state index is 6.33. The van der Waals surface area contributed by atoms with Gasteiger partial charge in [-0.2, -0.15) is 0 Å². The molecule has 0 aliphatic heterocycles. The van der Waals surface area contributed by atoms with Gasteiger partial charge in [-0.25, -0.2) is 0 Å². The van der Waals surface area contributed by atoms with Crippen LogP contribution in [0.4, 0.5) is 0 Å². The van der Waals surface area contributed by atoms with Gasteiger partial charge in [-0.3, -0.25) is 0 Å². The highest BCUT2D eigenvalue weighted by molar-refractivity contribution is 6.30. The molecule has 0 spiro atoms. The number of rotatable bonds is 2. The lowest BCUT2D eigenvalue weighted by Gasteiger charge is -2.09. The number of furan rings is 1. The van der Waals surface area contributed by atoms with E-state index in [-0.39, 0.29) is 0 Å². The van der Waals surface area contributed by atoms with Crippen molar-refractivity contribution in [1.29, 1.82) is 0 Å². The van der Waals surface area contributed by atoms with Crippen LogP contribution in [0.25, 0.3) is 66.2 Å². The topological polar surface area (TPSA) is 23.0 Å². The monoisotopic (exact) mass is 448 g/mol. The van der Waals surface area contributed by atoms with Gasteiger partial charge in [-0.1, -0.05) is 72.8 Å². The van der Waals surface area contributed by atoms with E-state index in [1.807, 2.05) is 6.07 Å². The van der Waals surface area contributed by atoms with Crippen LogP contribution < -0.4 is 0 Å². The molecular formula is C32H20N2O. The molecule has 0 N–H and O–H groups in total. The normalized spacial score (nSPS) is 12.0. The van der Waals surface area contributed by atoms with Crippen LogP contribution in [0.1, 0.15) is 0 Å². The molecular weight excluding hydrogens is 428 g/mol. The molecule has 0 saturated heterocycles. The quantitative estimate of drug-likeness (QED) is 0.259. The minimum atomic E-state index is 0.913. The first-order valence-electron chi connectivity index (χ1n) is 11.9. The van der Waals surface area contributed by atoms with Gasteiger partial charge in [0.15, 0.2) is 0 Å². The summed E-state index contributed by atoms with van der Waals surface area (Å²) in [6, 6.07) is 42.7. The van der Waals surface area contributed by atoms with Gasteiger partial charge >= 0.3 is 0 Å². The van der Waals surface area contributed by atoms with Gasteiger partial charge in [0, 0.05) is 32.9 Å². The van der Waals surface area contributed by atoms with Gasteiger partial charge in [0.2, 0.25) is 0 Å². The first-order valence-corrected chi connectivity index (χ1v) is 11.9. The molecule has 0 fully saturated rings. The average molecular weight is 449 g/mol. The molecule has 0 bridgehead atoms. The lowest BCUT2D eigenvalue weighted by Crippen LogP contribution is -1.93. The van der Waals surface area contributed by atoms with Crippen molar-refractivity contribution in [2.24, 2.45) is 0 Å². The summed E-state index contributed by atoms with van der Waals surface area (Å²) in [5.74, 6) is 0. The van der Waals surface area contributed by atoms with Crippen LogP contribution in [0.2, 0.25) is 0 Å². The third kappa shape index (κ3) is 2.44. The van der Waals surface area contributed by atoms with Crippen LogP contribution in [0, 0.1) is 0 Å². The summed E-state index contributed by atoms with van der Waals surface area (Å²) in [5, 5.41) is 4.75. The molecule has 0 saturated carbocycles. The van der Waals surface area contributed by atoms with Crippen molar-refractivity contribution in [3.05, 3.63) is 121 Å². The summed E-state index contributed by atoms with van der Waals surface area (Å²) < 4.78 is 11.1. The molecule has 0 amide bonds. The zero-order valence-corrected chi connectivity index (χ0v) is 18.8. The SMILES string of the molecule is c1ccc(-n2c3ccc4oc5ccccc5c4c3c3c2c2ccccc2n3-c2ccccc2)cc1. The van der Waals surface area contributed by atoms with Crippen molar-refractivity contribution >= 4 is 54.8 Å². The Morgan fingerprint density at radius 3 is 1.74 bits per heavy atom. The standard InChI is InChI=1S/C32H20N2O/c1-3-11-21(12-4-1)33-25-17-9-7-15-23(25)31-32(33)30-26(34(31)22-13-5-2-6-14-22)19-20-28-29(30)24-16-8-10-18-27(24)35-28/h1-20H. The van der Waals surface area contributed by atoms with E-state index in [1.165, 1.54) is 32.8 Å². The Hall–Kier alpha value is -4.76. The van der Waals surface area contributed by atoms with E-state index in [0.29, 0.717) is 0 Å². The number of aromatic nitrogens is 2. The van der Waals surface area contributed by atoms with Gasteiger partial charge in [0.25, 0.3) is 0 Å². The summed E-state index contributed by atoms with van der Waals surface area (Å²) in [7, 11) is 0. The predicted molar refractivity (Wildman–Crippen MR) is 145 cm³/mol. The minimum absolute atomic E-state index is 0.913. The van der Waals surface area contributed by atoms with Crippen molar-refractivity contribution in [2.45, 2.75) is 0 Å². The fourth-order valence-corrected chi connectivity index (χ4v) is 5.72. The lowest BCUT2D eigenvalue weighted by atomic mass is 10.1. The van der Waals surface area contributed by atoms with Crippen LogP contribution in [0.5, 0.6) is 0 Å². The largest absolute Gasteiger partial charge is 0.456 e. The molecule has 8 aromatic rings. The summed E-state index contributed by atoms with van der Waals surface area (Å²) in [6.07, 6.45) is 0. The Kier molecular flexibility index (Phi) is 3.66. The highest BCUT2D eigenvalue weighted by Crippen LogP contribution is 2.45. The number of para-hydroxylation sites is 4. The van der Waals surface area contributed by atoms with Crippen LogP contribution >= 0.6 is 0 Å². The summed E-state index contributed by atoms with van der Waals surface area (Å²) in [6.45, 7) is 0. The number of hydrogen-bond donors (Lipinski definition) is 0.